The Kier molecular flexibility index (Phi) is 4.33. The molecule has 0 radical (unpaired) electrons. The monoisotopic (exact) mass is 324 g/mol. The lowest BCUT2D eigenvalue weighted by Crippen LogP contribution is -2.14. The van der Waals surface area contributed by atoms with Crippen LogP contribution in [0.1, 0.15) is 26.5 Å². The third-order valence-corrected chi connectivity index (χ3v) is 3.76. The van der Waals surface area contributed by atoms with Crippen LogP contribution in [0.25, 0.3) is 11.0 Å². The van der Waals surface area contributed by atoms with Gasteiger partial charge in [-0.05, 0) is 25.1 Å². The maximum atomic E-state index is 12.2. The molecule has 0 spiro atoms. The Bertz CT molecular complexity index is 893. The SMILES string of the molecule is COc1ccc2oc(C(=O)OCC(=O)c3ccccc3)c(C)c2c1. The van der Waals surface area contributed by atoms with Gasteiger partial charge in [0.25, 0.3) is 0 Å². The second kappa shape index (κ2) is 6.58. The largest absolute Gasteiger partial charge is 0.497 e. The van der Waals surface area contributed by atoms with E-state index in [1.54, 1.807) is 56.5 Å². The van der Waals surface area contributed by atoms with Crippen molar-refractivity contribution in [1.29, 1.82) is 0 Å². The Morgan fingerprint density at radius 3 is 2.54 bits per heavy atom. The molecule has 0 atom stereocenters. The molecule has 0 saturated heterocycles. The molecule has 122 valence electrons. The average Bonchev–Trinajstić information content (AvgIpc) is 2.96. The number of rotatable bonds is 5. The van der Waals surface area contributed by atoms with Crippen LogP contribution in [0, 0.1) is 6.92 Å². The number of hydrogen-bond donors (Lipinski definition) is 0. The quantitative estimate of drug-likeness (QED) is 0.528. The van der Waals surface area contributed by atoms with E-state index in [-0.39, 0.29) is 18.2 Å². The highest BCUT2D eigenvalue weighted by molar-refractivity contribution is 6.00. The average molecular weight is 324 g/mol. The van der Waals surface area contributed by atoms with Crippen LogP contribution in [0.4, 0.5) is 0 Å². The van der Waals surface area contributed by atoms with Crippen LogP contribution in [-0.4, -0.2) is 25.5 Å². The van der Waals surface area contributed by atoms with Gasteiger partial charge in [-0.25, -0.2) is 4.79 Å². The number of aryl methyl sites for hydroxylation is 1. The van der Waals surface area contributed by atoms with Crippen LogP contribution in [0.3, 0.4) is 0 Å². The molecule has 0 saturated carbocycles. The van der Waals surface area contributed by atoms with Crippen molar-refractivity contribution in [2.45, 2.75) is 6.92 Å². The predicted molar refractivity (Wildman–Crippen MR) is 88.6 cm³/mol. The zero-order chi connectivity index (χ0) is 17.1. The number of Topliss-reactive ketones (excluding diaryl/α,β-unsaturated/α-hetero) is 1. The minimum atomic E-state index is -0.660. The van der Waals surface area contributed by atoms with Crippen LogP contribution in [0.2, 0.25) is 0 Å². The van der Waals surface area contributed by atoms with Gasteiger partial charge in [0.15, 0.2) is 12.4 Å². The number of hydrogen-bond acceptors (Lipinski definition) is 5. The maximum Gasteiger partial charge on any atom is 0.375 e. The lowest BCUT2D eigenvalue weighted by molar-refractivity contribution is 0.0445. The van der Waals surface area contributed by atoms with Crippen molar-refractivity contribution >= 4 is 22.7 Å². The summed E-state index contributed by atoms with van der Waals surface area (Å²) in [7, 11) is 1.57. The predicted octanol–water partition coefficient (Wildman–Crippen LogP) is 3.79. The Balaban J connectivity index is 1.77. The van der Waals surface area contributed by atoms with Crippen LogP contribution in [0.15, 0.2) is 52.9 Å². The first-order valence-electron chi connectivity index (χ1n) is 7.42. The molecule has 0 amide bonds. The molecular formula is C19H16O5. The smallest absolute Gasteiger partial charge is 0.375 e. The van der Waals surface area contributed by atoms with Gasteiger partial charge in [-0.3, -0.25) is 4.79 Å². The van der Waals surface area contributed by atoms with Crippen LogP contribution in [0.5, 0.6) is 5.75 Å². The summed E-state index contributed by atoms with van der Waals surface area (Å²) in [5.74, 6) is -0.156. The standard InChI is InChI=1S/C19H16O5/c1-12-15-10-14(22-2)8-9-17(15)24-18(12)19(21)23-11-16(20)13-6-4-3-5-7-13/h3-10H,11H2,1-2H3. The molecule has 1 heterocycles. The van der Waals surface area contributed by atoms with Gasteiger partial charge in [0.2, 0.25) is 5.76 Å². The number of furan rings is 1. The molecule has 5 heteroatoms. The fraction of sp³-hybridized carbons (Fsp3) is 0.158. The summed E-state index contributed by atoms with van der Waals surface area (Å²) in [6.07, 6.45) is 0. The zero-order valence-corrected chi connectivity index (χ0v) is 13.4. The van der Waals surface area contributed by atoms with Crippen molar-refractivity contribution in [2.75, 3.05) is 13.7 Å². The van der Waals surface area contributed by atoms with Gasteiger partial charge >= 0.3 is 5.97 Å². The fourth-order valence-electron chi connectivity index (χ4n) is 2.43. The Hall–Kier alpha value is -3.08. The van der Waals surface area contributed by atoms with Crippen LogP contribution >= 0.6 is 0 Å². The molecule has 3 aromatic rings. The Morgan fingerprint density at radius 1 is 1.08 bits per heavy atom. The molecule has 0 unspecified atom stereocenters. The lowest BCUT2D eigenvalue weighted by Gasteiger charge is -2.03. The van der Waals surface area contributed by atoms with Crippen molar-refractivity contribution in [3.63, 3.8) is 0 Å². The van der Waals surface area contributed by atoms with Crippen molar-refractivity contribution in [1.82, 2.24) is 0 Å². The highest BCUT2D eigenvalue weighted by Crippen LogP contribution is 2.29. The van der Waals surface area contributed by atoms with E-state index in [4.69, 9.17) is 13.9 Å². The first-order chi connectivity index (χ1) is 11.6. The summed E-state index contributed by atoms with van der Waals surface area (Å²) >= 11 is 0. The highest BCUT2D eigenvalue weighted by atomic mass is 16.5. The maximum absolute atomic E-state index is 12.2. The van der Waals surface area contributed by atoms with Crippen LogP contribution in [-0.2, 0) is 4.74 Å². The second-order valence-corrected chi connectivity index (χ2v) is 5.28. The minimum absolute atomic E-state index is 0.0964. The summed E-state index contributed by atoms with van der Waals surface area (Å²) in [5.41, 5.74) is 1.71. The second-order valence-electron chi connectivity index (χ2n) is 5.28. The molecule has 0 fully saturated rings. The molecule has 0 aliphatic carbocycles. The molecule has 1 aromatic heterocycles. The van der Waals surface area contributed by atoms with Crippen molar-refractivity contribution < 1.29 is 23.5 Å². The number of ether oxygens (including phenoxy) is 2. The van der Waals surface area contributed by atoms with Gasteiger partial charge in [0.05, 0.1) is 7.11 Å². The number of carbonyl (C=O) groups is 2. The molecule has 0 aliphatic heterocycles. The minimum Gasteiger partial charge on any atom is -0.497 e. The molecular weight excluding hydrogens is 308 g/mol. The van der Waals surface area contributed by atoms with E-state index in [0.717, 1.165) is 5.39 Å². The number of methoxy groups -OCH3 is 1. The Labute approximate surface area is 138 Å². The van der Waals surface area contributed by atoms with Gasteiger partial charge in [-0.1, -0.05) is 30.3 Å². The van der Waals surface area contributed by atoms with E-state index >= 15 is 0 Å². The first-order valence-corrected chi connectivity index (χ1v) is 7.42. The summed E-state index contributed by atoms with van der Waals surface area (Å²) in [6, 6.07) is 13.9. The van der Waals surface area contributed by atoms with E-state index in [1.165, 1.54) is 0 Å². The normalized spacial score (nSPS) is 10.6. The number of ketones is 1. The molecule has 0 bridgehead atoms. The van der Waals surface area contributed by atoms with E-state index in [9.17, 15) is 9.59 Å². The fourth-order valence-corrected chi connectivity index (χ4v) is 2.43. The van der Waals surface area contributed by atoms with Gasteiger partial charge in [0.1, 0.15) is 11.3 Å². The summed E-state index contributed by atoms with van der Waals surface area (Å²) < 4.78 is 15.8. The highest BCUT2D eigenvalue weighted by Gasteiger charge is 2.20. The van der Waals surface area contributed by atoms with Gasteiger partial charge < -0.3 is 13.9 Å². The Morgan fingerprint density at radius 2 is 1.83 bits per heavy atom. The summed E-state index contributed by atoms with van der Waals surface area (Å²) in [6.45, 7) is 1.43. The van der Waals surface area contributed by atoms with E-state index in [2.05, 4.69) is 0 Å². The summed E-state index contributed by atoms with van der Waals surface area (Å²) in [4.78, 5) is 24.2. The van der Waals surface area contributed by atoms with Crippen molar-refractivity contribution in [2.24, 2.45) is 0 Å². The molecule has 5 nitrogen and oxygen atoms in total. The third-order valence-electron chi connectivity index (χ3n) is 3.76. The number of esters is 1. The molecule has 2 aromatic carbocycles. The number of carbonyl (C=O) groups excluding carboxylic acids is 2. The lowest BCUT2D eigenvalue weighted by atomic mass is 10.1. The molecule has 3 rings (SSSR count). The van der Waals surface area contributed by atoms with Crippen molar-refractivity contribution in [3.8, 4) is 5.75 Å². The number of benzene rings is 2. The first kappa shape index (κ1) is 15.8. The number of fused-ring (bicyclic) bond motifs is 1. The van der Waals surface area contributed by atoms with Crippen molar-refractivity contribution in [3.05, 3.63) is 65.4 Å². The van der Waals surface area contributed by atoms with Gasteiger partial charge in [-0.2, -0.15) is 0 Å². The molecule has 0 aliphatic rings. The molecule has 0 N–H and O–H groups in total. The zero-order valence-electron chi connectivity index (χ0n) is 13.4. The molecule has 24 heavy (non-hydrogen) atoms. The van der Waals surface area contributed by atoms with Crippen LogP contribution < -0.4 is 4.74 Å². The third kappa shape index (κ3) is 3.01. The van der Waals surface area contributed by atoms with Gasteiger partial charge in [0, 0.05) is 16.5 Å². The van der Waals surface area contributed by atoms with E-state index < -0.39 is 5.97 Å². The topological polar surface area (TPSA) is 65.7 Å². The van der Waals surface area contributed by atoms with Gasteiger partial charge in [-0.15, -0.1) is 0 Å². The van der Waals surface area contributed by atoms with E-state index in [0.29, 0.717) is 22.5 Å². The van der Waals surface area contributed by atoms with E-state index in [1.807, 2.05) is 6.07 Å². The summed E-state index contributed by atoms with van der Waals surface area (Å²) in [5, 5.41) is 0.774.